The van der Waals surface area contributed by atoms with E-state index < -0.39 is 29.7 Å². The fraction of sp³-hybridized carbons (Fsp3) is 0.273. The second kappa shape index (κ2) is 9.80. The number of halogens is 4. The summed E-state index contributed by atoms with van der Waals surface area (Å²) in [4.78, 5) is 24.1. The van der Waals surface area contributed by atoms with Crippen molar-refractivity contribution in [2.45, 2.75) is 39.0 Å². The minimum Gasteiger partial charge on any atom is -0.449 e. The van der Waals surface area contributed by atoms with Crippen LogP contribution in [-0.4, -0.2) is 18.0 Å². The Kier molecular flexibility index (Phi) is 7.67. The second-order valence-electron chi connectivity index (χ2n) is 6.92. The SMILES string of the molecule is CC(OC(=O)/C=C/c1ccc(C(C)C)cc1)C(=O)Nc1cc(C(F)(F)F)ccc1Cl. The molecule has 4 nitrogen and oxygen atoms in total. The highest BCUT2D eigenvalue weighted by atomic mass is 35.5. The summed E-state index contributed by atoms with van der Waals surface area (Å²) in [6, 6.07) is 10.2. The largest absolute Gasteiger partial charge is 0.449 e. The molecule has 0 bridgehead atoms. The van der Waals surface area contributed by atoms with Gasteiger partial charge in [-0.15, -0.1) is 0 Å². The van der Waals surface area contributed by atoms with Gasteiger partial charge < -0.3 is 10.1 Å². The van der Waals surface area contributed by atoms with Crippen molar-refractivity contribution in [3.8, 4) is 0 Å². The Morgan fingerprint density at radius 1 is 1.07 bits per heavy atom. The topological polar surface area (TPSA) is 55.4 Å². The maximum absolute atomic E-state index is 12.8. The first-order valence-electron chi connectivity index (χ1n) is 9.13. The van der Waals surface area contributed by atoms with E-state index in [1.807, 2.05) is 24.3 Å². The molecule has 1 unspecified atom stereocenters. The molecule has 1 N–H and O–H groups in total. The van der Waals surface area contributed by atoms with Gasteiger partial charge in [0, 0.05) is 6.08 Å². The summed E-state index contributed by atoms with van der Waals surface area (Å²) >= 11 is 5.85. The van der Waals surface area contributed by atoms with Crippen molar-refractivity contribution in [3.63, 3.8) is 0 Å². The summed E-state index contributed by atoms with van der Waals surface area (Å²) in [5.74, 6) is -1.18. The van der Waals surface area contributed by atoms with Crippen LogP contribution in [0.5, 0.6) is 0 Å². The fourth-order valence-electron chi connectivity index (χ4n) is 2.46. The zero-order valence-electron chi connectivity index (χ0n) is 16.6. The average molecular weight is 440 g/mol. The predicted octanol–water partition coefficient (Wildman–Crippen LogP) is 6.07. The van der Waals surface area contributed by atoms with Crippen LogP contribution < -0.4 is 5.32 Å². The van der Waals surface area contributed by atoms with Gasteiger partial charge in [-0.1, -0.05) is 49.7 Å². The number of ether oxygens (including phenoxy) is 1. The van der Waals surface area contributed by atoms with Crippen molar-refractivity contribution in [2.75, 3.05) is 5.32 Å². The molecule has 160 valence electrons. The lowest BCUT2D eigenvalue weighted by molar-refractivity contribution is -0.148. The third kappa shape index (κ3) is 6.62. The molecular formula is C22H21ClF3NO3. The lowest BCUT2D eigenvalue weighted by atomic mass is 10.0. The van der Waals surface area contributed by atoms with Gasteiger partial charge in [0.1, 0.15) is 0 Å². The van der Waals surface area contributed by atoms with Crippen LogP contribution in [0.3, 0.4) is 0 Å². The van der Waals surface area contributed by atoms with Gasteiger partial charge in [0.2, 0.25) is 0 Å². The normalized spacial score (nSPS) is 12.8. The summed E-state index contributed by atoms with van der Waals surface area (Å²) in [6.07, 6.45) is -3.11. The van der Waals surface area contributed by atoms with E-state index in [2.05, 4.69) is 19.2 Å². The summed E-state index contributed by atoms with van der Waals surface area (Å²) in [6.45, 7) is 5.45. The molecule has 0 aliphatic rings. The van der Waals surface area contributed by atoms with Crippen LogP contribution in [0.1, 0.15) is 43.4 Å². The number of benzene rings is 2. The molecule has 0 fully saturated rings. The van der Waals surface area contributed by atoms with Gasteiger partial charge in [0.25, 0.3) is 5.91 Å². The number of rotatable bonds is 6. The second-order valence-corrected chi connectivity index (χ2v) is 7.32. The molecule has 2 aromatic rings. The molecule has 0 radical (unpaired) electrons. The van der Waals surface area contributed by atoms with Crippen LogP contribution >= 0.6 is 11.6 Å². The zero-order chi connectivity index (χ0) is 22.5. The van der Waals surface area contributed by atoms with Crippen molar-refractivity contribution in [3.05, 3.63) is 70.3 Å². The number of carbonyl (C=O) groups is 2. The van der Waals surface area contributed by atoms with Crippen LogP contribution in [0.4, 0.5) is 18.9 Å². The van der Waals surface area contributed by atoms with E-state index in [1.54, 1.807) is 6.08 Å². The van der Waals surface area contributed by atoms with E-state index in [1.165, 1.54) is 13.0 Å². The van der Waals surface area contributed by atoms with Gasteiger partial charge in [-0.3, -0.25) is 4.79 Å². The number of hydrogen-bond donors (Lipinski definition) is 1. The van der Waals surface area contributed by atoms with Crippen molar-refractivity contribution in [2.24, 2.45) is 0 Å². The molecule has 0 aliphatic carbocycles. The van der Waals surface area contributed by atoms with E-state index in [0.29, 0.717) is 5.92 Å². The highest BCUT2D eigenvalue weighted by Gasteiger charge is 2.31. The summed E-state index contributed by atoms with van der Waals surface area (Å²) < 4.78 is 43.5. The average Bonchev–Trinajstić information content (AvgIpc) is 2.67. The molecule has 2 rings (SSSR count). The third-order valence-electron chi connectivity index (χ3n) is 4.23. The first-order chi connectivity index (χ1) is 14.0. The zero-order valence-corrected chi connectivity index (χ0v) is 17.3. The maximum Gasteiger partial charge on any atom is 0.416 e. The predicted molar refractivity (Wildman–Crippen MR) is 110 cm³/mol. The summed E-state index contributed by atoms with van der Waals surface area (Å²) in [7, 11) is 0. The van der Waals surface area contributed by atoms with Crippen molar-refractivity contribution < 1.29 is 27.5 Å². The quantitative estimate of drug-likeness (QED) is 0.439. The van der Waals surface area contributed by atoms with Crippen molar-refractivity contribution in [1.29, 1.82) is 0 Å². The molecule has 0 saturated carbocycles. The molecule has 0 aliphatic heterocycles. The number of anilines is 1. The van der Waals surface area contributed by atoms with Crippen molar-refractivity contribution >= 4 is 35.2 Å². The number of carbonyl (C=O) groups excluding carboxylic acids is 2. The van der Waals surface area contributed by atoms with Gasteiger partial charge >= 0.3 is 12.1 Å². The van der Waals surface area contributed by atoms with E-state index in [4.69, 9.17) is 16.3 Å². The lowest BCUT2D eigenvalue weighted by Crippen LogP contribution is -2.29. The van der Waals surface area contributed by atoms with Gasteiger partial charge in [0.05, 0.1) is 16.3 Å². The minimum atomic E-state index is -4.58. The van der Waals surface area contributed by atoms with E-state index in [9.17, 15) is 22.8 Å². The van der Waals surface area contributed by atoms with Gasteiger partial charge in [-0.25, -0.2) is 4.79 Å². The Morgan fingerprint density at radius 3 is 2.27 bits per heavy atom. The van der Waals surface area contributed by atoms with E-state index in [0.717, 1.165) is 29.3 Å². The number of hydrogen-bond acceptors (Lipinski definition) is 3. The Labute approximate surface area is 177 Å². The number of alkyl halides is 3. The molecule has 1 atom stereocenters. The first kappa shape index (κ1) is 23.5. The lowest BCUT2D eigenvalue weighted by Gasteiger charge is -2.15. The number of nitrogens with one attached hydrogen (secondary N) is 1. The standard InChI is InChI=1S/C22H21ClF3NO3/c1-13(2)16-7-4-15(5-8-16)6-11-20(28)30-14(3)21(29)27-19-12-17(22(24,25)26)9-10-18(19)23/h4-14H,1-3H3,(H,27,29)/b11-6+. The first-order valence-corrected chi connectivity index (χ1v) is 9.51. The third-order valence-corrected chi connectivity index (χ3v) is 4.56. The van der Waals surface area contributed by atoms with Crippen LogP contribution in [0, 0.1) is 0 Å². The number of esters is 1. The molecule has 0 saturated heterocycles. The molecule has 30 heavy (non-hydrogen) atoms. The monoisotopic (exact) mass is 439 g/mol. The van der Waals surface area contributed by atoms with Gasteiger partial charge in [0.15, 0.2) is 6.10 Å². The van der Waals surface area contributed by atoms with E-state index in [-0.39, 0.29) is 10.7 Å². The van der Waals surface area contributed by atoms with Gasteiger partial charge in [-0.05, 0) is 48.2 Å². The van der Waals surface area contributed by atoms with E-state index >= 15 is 0 Å². The Morgan fingerprint density at radius 2 is 1.70 bits per heavy atom. The smallest absolute Gasteiger partial charge is 0.416 e. The summed E-state index contributed by atoms with van der Waals surface area (Å²) in [5, 5.41) is 2.18. The summed E-state index contributed by atoms with van der Waals surface area (Å²) in [5.41, 5.74) is 0.760. The molecular weight excluding hydrogens is 419 g/mol. The molecule has 1 amide bonds. The fourth-order valence-corrected chi connectivity index (χ4v) is 2.62. The molecule has 0 aromatic heterocycles. The molecule has 0 spiro atoms. The van der Waals surface area contributed by atoms with Crippen LogP contribution in [0.15, 0.2) is 48.5 Å². The van der Waals surface area contributed by atoms with Crippen LogP contribution in [-0.2, 0) is 20.5 Å². The van der Waals surface area contributed by atoms with Crippen LogP contribution in [0.2, 0.25) is 5.02 Å². The Balaban J connectivity index is 1.97. The maximum atomic E-state index is 12.8. The number of amides is 1. The highest BCUT2D eigenvalue weighted by molar-refractivity contribution is 6.33. The highest BCUT2D eigenvalue weighted by Crippen LogP contribution is 2.33. The minimum absolute atomic E-state index is 0.0698. The molecule has 8 heteroatoms. The molecule has 0 heterocycles. The van der Waals surface area contributed by atoms with Crippen molar-refractivity contribution in [1.82, 2.24) is 0 Å². The Hall–Kier alpha value is -2.80. The molecule has 2 aromatic carbocycles. The Bertz CT molecular complexity index is 938. The van der Waals surface area contributed by atoms with Gasteiger partial charge in [-0.2, -0.15) is 13.2 Å². The van der Waals surface area contributed by atoms with Crippen LogP contribution in [0.25, 0.3) is 6.08 Å².